The molecule has 0 N–H and O–H groups in total. The summed E-state index contributed by atoms with van der Waals surface area (Å²) in [5.41, 5.74) is 0. The van der Waals surface area contributed by atoms with Crippen molar-refractivity contribution in [3.63, 3.8) is 0 Å². The third-order valence-electron chi connectivity index (χ3n) is 3.55. The highest BCUT2D eigenvalue weighted by atomic mass is 16.7. The van der Waals surface area contributed by atoms with Crippen molar-refractivity contribution in [3.8, 4) is 0 Å². The maximum Gasteiger partial charge on any atom is 0.305 e. The molecule has 1 heterocycles. The molecular weight excluding hydrogens is 280 g/mol. The van der Waals surface area contributed by atoms with Gasteiger partial charge in [-0.05, 0) is 5.92 Å². The Morgan fingerprint density at radius 1 is 0.905 bits per heavy atom. The van der Waals surface area contributed by atoms with Crippen LogP contribution in [0.1, 0.15) is 34.6 Å². The number of hydrogen-bond donors (Lipinski definition) is 0. The first kappa shape index (κ1) is 17.4. The van der Waals surface area contributed by atoms with Crippen molar-refractivity contribution >= 4 is 17.9 Å². The van der Waals surface area contributed by atoms with Crippen molar-refractivity contribution in [2.75, 3.05) is 6.61 Å². The number of rotatable bonds is 4. The van der Waals surface area contributed by atoms with Crippen molar-refractivity contribution < 1.29 is 33.3 Å². The summed E-state index contributed by atoms with van der Waals surface area (Å²) in [6.45, 7) is 7.68. The van der Waals surface area contributed by atoms with E-state index in [1.165, 1.54) is 20.8 Å². The Hall–Kier alpha value is -1.63. The third-order valence-corrected chi connectivity index (χ3v) is 3.55. The van der Waals surface area contributed by atoms with Gasteiger partial charge in [-0.2, -0.15) is 0 Å². The quantitative estimate of drug-likeness (QED) is 0.566. The van der Waals surface area contributed by atoms with E-state index in [1.54, 1.807) is 0 Å². The van der Waals surface area contributed by atoms with E-state index in [4.69, 9.17) is 18.9 Å². The summed E-state index contributed by atoms with van der Waals surface area (Å²) in [6.07, 6.45) is -2.12. The SMILES string of the molecule is CC(=O)OCC1OC(OC(C)=O)[C@H](OC(C)=O)[C@@H](C)[C@@H]1C. The molecule has 0 aliphatic carbocycles. The average Bonchev–Trinajstić information content (AvgIpc) is 2.35. The summed E-state index contributed by atoms with van der Waals surface area (Å²) in [4.78, 5) is 33.3. The van der Waals surface area contributed by atoms with Crippen LogP contribution >= 0.6 is 0 Å². The predicted molar refractivity (Wildman–Crippen MR) is 70.9 cm³/mol. The normalized spacial score (nSPS) is 32.1. The van der Waals surface area contributed by atoms with Gasteiger partial charge in [0.05, 0.1) is 6.10 Å². The first-order valence-corrected chi connectivity index (χ1v) is 6.85. The molecule has 1 aliphatic rings. The average molecular weight is 302 g/mol. The second-order valence-electron chi connectivity index (χ2n) is 5.25. The zero-order valence-electron chi connectivity index (χ0n) is 13.0. The van der Waals surface area contributed by atoms with Crippen LogP contribution in [0.25, 0.3) is 0 Å². The Balaban J connectivity index is 2.84. The topological polar surface area (TPSA) is 88.1 Å². The minimum atomic E-state index is -1.00. The molecule has 7 heteroatoms. The lowest BCUT2D eigenvalue weighted by molar-refractivity contribution is -0.271. The van der Waals surface area contributed by atoms with Gasteiger partial charge in [-0.3, -0.25) is 14.4 Å². The molecule has 1 saturated heterocycles. The standard InChI is InChI=1S/C14H22O7/c1-7-8(2)13(19-10(4)16)14(20-11(5)17)21-12(7)6-18-9(3)15/h7-8,12-14H,6H2,1-5H3/t7-,8-,12?,13+,14?/m0/s1. The molecular formula is C14H22O7. The van der Waals surface area contributed by atoms with Gasteiger partial charge in [0.15, 0.2) is 6.10 Å². The van der Waals surface area contributed by atoms with E-state index in [2.05, 4.69) is 0 Å². The van der Waals surface area contributed by atoms with Gasteiger partial charge in [-0.15, -0.1) is 0 Å². The highest BCUT2D eigenvalue weighted by Crippen LogP contribution is 2.33. The number of hydrogen-bond acceptors (Lipinski definition) is 7. The summed E-state index contributed by atoms with van der Waals surface area (Å²) in [7, 11) is 0. The number of carbonyl (C=O) groups is 3. The second kappa shape index (κ2) is 7.40. The van der Waals surface area contributed by atoms with Crippen LogP contribution < -0.4 is 0 Å². The van der Waals surface area contributed by atoms with E-state index in [1.807, 2.05) is 13.8 Å². The summed E-state index contributed by atoms with van der Waals surface area (Å²) >= 11 is 0. The van der Waals surface area contributed by atoms with Gasteiger partial charge in [0.25, 0.3) is 0 Å². The van der Waals surface area contributed by atoms with Crippen LogP contribution in [-0.4, -0.2) is 43.0 Å². The van der Waals surface area contributed by atoms with Gasteiger partial charge in [-0.1, -0.05) is 13.8 Å². The molecule has 0 aromatic carbocycles. The molecule has 0 saturated carbocycles. The van der Waals surface area contributed by atoms with Crippen molar-refractivity contribution in [1.29, 1.82) is 0 Å². The first-order chi connectivity index (χ1) is 9.72. The Labute approximate surface area is 123 Å². The predicted octanol–water partition coefficient (Wildman–Crippen LogP) is 1.04. The lowest BCUT2D eigenvalue weighted by atomic mass is 9.83. The van der Waals surface area contributed by atoms with Gasteiger partial charge in [-0.25, -0.2) is 0 Å². The van der Waals surface area contributed by atoms with Crippen molar-refractivity contribution in [3.05, 3.63) is 0 Å². The fourth-order valence-electron chi connectivity index (χ4n) is 2.26. The van der Waals surface area contributed by atoms with Gasteiger partial charge in [0.2, 0.25) is 6.29 Å². The molecule has 0 aromatic rings. The highest BCUT2D eigenvalue weighted by molar-refractivity contribution is 5.67. The van der Waals surface area contributed by atoms with Gasteiger partial charge >= 0.3 is 17.9 Å². The van der Waals surface area contributed by atoms with E-state index in [9.17, 15) is 14.4 Å². The zero-order chi connectivity index (χ0) is 16.2. The van der Waals surface area contributed by atoms with Crippen LogP contribution in [-0.2, 0) is 33.3 Å². The number of ether oxygens (including phenoxy) is 4. The largest absolute Gasteiger partial charge is 0.463 e. The second-order valence-corrected chi connectivity index (χ2v) is 5.25. The van der Waals surface area contributed by atoms with Gasteiger partial charge < -0.3 is 18.9 Å². The summed E-state index contributed by atoms with van der Waals surface area (Å²) < 4.78 is 20.9. The van der Waals surface area contributed by atoms with E-state index in [0.717, 1.165) is 0 Å². The zero-order valence-corrected chi connectivity index (χ0v) is 13.0. The first-order valence-electron chi connectivity index (χ1n) is 6.85. The van der Waals surface area contributed by atoms with E-state index >= 15 is 0 Å². The van der Waals surface area contributed by atoms with Crippen LogP contribution in [0.4, 0.5) is 0 Å². The number of carbonyl (C=O) groups excluding carboxylic acids is 3. The molecule has 7 nitrogen and oxygen atoms in total. The Morgan fingerprint density at radius 2 is 1.48 bits per heavy atom. The summed E-state index contributed by atoms with van der Waals surface area (Å²) in [6, 6.07) is 0. The Bertz CT molecular complexity index is 404. The Morgan fingerprint density at radius 3 is 1.95 bits per heavy atom. The summed E-state index contributed by atoms with van der Waals surface area (Å²) in [5.74, 6) is -1.58. The van der Waals surface area contributed by atoms with E-state index in [0.29, 0.717) is 0 Å². The molecule has 0 amide bonds. The maximum absolute atomic E-state index is 11.2. The van der Waals surface area contributed by atoms with Crippen LogP contribution in [0, 0.1) is 11.8 Å². The molecule has 5 atom stereocenters. The molecule has 1 aliphatic heterocycles. The lowest BCUT2D eigenvalue weighted by Crippen LogP contribution is -2.53. The smallest absolute Gasteiger partial charge is 0.305 e. The maximum atomic E-state index is 11.2. The Kier molecular flexibility index (Phi) is 6.14. The molecule has 0 aromatic heterocycles. The van der Waals surface area contributed by atoms with E-state index < -0.39 is 36.4 Å². The molecule has 0 bridgehead atoms. The van der Waals surface area contributed by atoms with Crippen LogP contribution in [0.3, 0.4) is 0 Å². The molecule has 21 heavy (non-hydrogen) atoms. The van der Waals surface area contributed by atoms with Gasteiger partial charge in [0.1, 0.15) is 6.61 Å². The van der Waals surface area contributed by atoms with E-state index in [-0.39, 0.29) is 18.4 Å². The monoisotopic (exact) mass is 302 g/mol. The molecule has 1 fully saturated rings. The van der Waals surface area contributed by atoms with Crippen LogP contribution in [0.15, 0.2) is 0 Å². The minimum Gasteiger partial charge on any atom is -0.463 e. The molecule has 120 valence electrons. The van der Waals surface area contributed by atoms with Crippen molar-refractivity contribution in [1.82, 2.24) is 0 Å². The minimum absolute atomic E-state index is 0.0412. The highest BCUT2D eigenvalue weighted by Gasteiger charge is 2.45. The fourth-order valence-corrected chi connectivity index (χ4v) is 2.26. The molecule has 0 radical (unpaired) electrons. The van der Waals surface area contributed by atoms with Crippen molar-refractivity contribution in [2.24, 2.45) is 11.8 Å². The third kappa shape index (κ3) is 5.00. The van der Waals surface area contributed by atoms with Crippen LogP contribution in [0.2, 0.25) is 0 Å². The van der Waals surface area contributed by atoms with Crippen molar-refractivity contribution in [2.45, 2.75) is 53.1 Å². The molecule has 0 spiro atoms. The summed E-state index contributed by atoms with van der Waals surface area (Å²) in [5, 5.41) is 0. The fraction of sp³-hybridized carbons (Fsp3) is 0.786. The van der Waals surface area contributed by atoms with Crippen LogP contribution in [0.5, 0.6) is 0 Å². The molecule has 2 unspecified atom stereocenters. The lowest BCUT2D eigenvalue weighted by Gasteiger charge is -2.42. The molecule has 1 rings (SSSR count). The number of esters is 3. The van der Waals surface area contributed by atoms with Gasteiger partial charge in [0, 0.05) is 26.7 Å².